The zero-order chi connectivity index (χ0) is 17.2. The van der Waals surface area contributed by atoms with Gasteiger partial charge in [0.25, 0.3) is 0 Å². The van der Waals surface area contributed by atoms with Gasteiger partial charge in [-0.1, -0.05) is 65.2 Å². The first-order valence-electron chi connectivity index (χ1n) is 11.1. The highest BCUT2D eigenvalue weighted by Gasteiger charge is 2.32. The van der Waals surface area contributed by atoms with Crippen LogP contribution in [0.4, 0.5) is 0 Å². The number of rotatable bonds is 9. The topological polar surface area (TPSA) is 4.36 Å². The molecule has 0 aromatic carbocycles. The summed E-state index contributed by atoms with van der Waals surface area (Å²) in [5, 5.41) is 0. The highest BCUT2D eigenvalue weighted by Crippen LogP contribution is 2.42. The molecule has 0 aromatic heterocycles. The van der Waals surface area contributed by atoms with Crippen molar-refractivity contribution in [2.45, 2.75) is 116 Å². The summed E-state index contributed by atoms with van der Waals surface area (Å²) in [5.74, 6) is 3.92. The van der Waals surface area contributed by atoms with E-state index in [4.69, 9.17) is 6.57 Å². The highest BCUT2D eigenvalue weighted by atomic mass is 14.7. The van der Waals surface area contributed by atoms with Gasteiger partial charge in [-0.05, 0) is 55.8 Å². The number of hydrogen-bond acceptors (Lipinski definition) is 0. The maximum atomic E-state index is 7.21. The summed E-state index contributed by atoms with van der Waals surface area (Å²) in [6, 6.07) is 0.357. The van der Waals surface area contributed by atoms with Gasteiger partial charge in [-0.2, -0.15) is 0 Å². The zero-order valence-corrected chi connectivity index (χ0v) is 16.4. The third-order valence-electron chi connectivity index (χ3n) is 7.02. The molecule has 2 fully saturated rings. The van der Waals surface area contributed by atoms with Gasteiger partial charge in [-0.15, -0.1) is 0 Å². The maximum Gasteiger partial charge on any atom is 0.223 e. The Morgan fingerprint density at radius 3 is 2.00 bits per heavy atom. The molecule has 24 heavy (non-hydrogen) atoms. The van der Waals surface area contributed by atoms with E-state index in [-0.39, 0.29) is 0 Å². The standard InChI is InChI=1S/C23H41N/c1-4-5-6-7-8-9-19(2)18-20-10-12-21(13-11-20)22-14-16-23(24-3)17-15-22/h19-23H,4-18H2,1-2H3. The van der Waals surface area contributed by atoms with Crippen LogP contribution in [0.25, 0.3) is 4.85 Å². The summed E-state index contributed by atoms with van der Waals surface area (Å²) in [6.45, 7) is 12.0. The molecule has 0 spiro atoms. The summed E-state index contributed by atoms with van der Waals surface area (Å²) in [5.41, 5.74) is 0. The molecule has 0 aliphatic heterocycles. The SMILES string of the molecule is [C-]#[N+]C1CCC(C2CCC(CC(C)CCCCCCC)CC2)CC1. The predicted molar refractivity (Wildman–Crippen MR) is 105 cm³/mol. The molecular weight excluding hydrogens is 290 g/mol. The molecule has 2 aliphatic carbocycles. The van der Waals surface area contributed by atoms with Gasteiger partial charge >= 0.3 is 0 Å². The molecule has 0 amide bonds. The van der Waals surface area contributed by atoms with Crippen LogP contribution in [0.1, 0.15) is 110 Å². The molecular formula is C23H41N. The molecule has 1 heteroatoms. The van der Waals surface area contributed by atoms with E-state index < -0.39 is 0 Å². The van der Waals surface area contributed by atoms with Crippen LogP contribution in [0, 0.1) is 30.2 Å². The molecule has 1 unspecified atom stereocenters. The second-order valence-electron chi connectivity index (χ2n) is 9.02. The van der Waals surface area contributed by atoms with Crippen molar-refractivity contribution in [1.29, 1.82) is 0 Å². The first kappa shape index (κ1) is 19.8. The van der Waals surface area contributed by atoms with E-state index in [0.29, 0.717) is 6.04 Å². The number of hydrogen-bond donors (Lipinski definition) is 0. The molecule has 1 nitrogen and oxygen atoms in total. The van der Waals surface area contributed by atoms with Crippen LogP contribution >= 0.6 is 0 Å². The molecule has 0 aromatic rings. The van der Waals surface area contributed by atoms with E-state index in [1.165, 1.54) is 96.3 Å². The van der Waals surface area contributed by atoms with Crippen molar-refractivity contribution < 1.29 is 0 Å². The van der Waals surface area contributed by atoms with Crippen molar-refractivity contribution >= 4 is 0 Å². The lowest BCUT2D eigenvalue weighted by Gasteiger charge is -2.36. The lowest BCUT2D eigenvalue weighted by Crippen LogP contribution is -2.27. The fourth-order valence-corrected chi connectivity index (χ4v) is 5.38. The molecule has 2 aliphatic rings. The normalized spacial score (nSPS) is 32.2. The first-order valence-corrected chi connectivity index (χ1v) is 11.1. The largest absolute Gasteiger partial charge is 0.314 e. The summed E-state index contributed by atoms with van der Waals surface area (Å²) < 4.78 is 0. The van der Waals surface area contributed by atoms with Gasteiger partial charge in [0.2, 0.25) is 6.04 Å². The van der Waals surface area contributed by atoms with E-state index in [9.17, 15) is 0 Å². The van der Waals surface area contributed by atoms with Crippen molar-refractivity contribution in [1.82, 2.24) is 0 Å². The Morgan fingerprint density at radius 1 is 0.833 bits per heavy atom. The first-order chi connectivity index (χ1) is 11.7. The fourth-order valence-electron chi connectivity index (χ4n) is 5.38. The Hall–Kier alpha value is -0.510. The predicted octanol–water partition coefficient (Wildman–Crippen LogP) is 7.66. The molecule has 2 rings (SSSR count). The maximum absolute atomic E-state index is 7.21. The Labute approximate surface area is 151 Å². The van der Waals surface area contributed by atoms with Crippen molar-refractivity contribution in [2.75, 3.05) is 0 Å². The lowest BCUT2D eigenvalue weighted by molar-refractivity contribution is 0.153. The Bertz CT molecular complexity index is 353. The summed E-state index contributed by atoms with van der Waals surface area (Å²) >= 11 is 0. The van der Waals surface area contributed by atoms with Crippen LogP contribution in [0.3, 0.4) is 0 Å². The smallest absolute Gasteiger partial charge is 0.223 e. The van der Waals surface area contributed by atoms with Crippen molar-refractivity contribution in [3.63, 3.8) is 0 Å². The monoisotopic (exact) mass is 331 g/mol. The molecule has 0 radical (unpaired) electrons. The van der Waals surface area contributed by atoms with Crippen LogP contribution in [-0.4, -0.2) is 6.04 Å². The molecule has 2 saturated carbocycles. The second kappa shape index (κ2) is 11.2. The third-order valence-corrected chi connectivity index (χ3v) is 7.02. The van der Waals surface area contributed by atoms with Crippen molar-refractivity contribution in [2.24, 2.45) is 23.7 Å². The van der Waals surface area contributed by atoms with Crippen LogP contribution in [-0.2, 0) is 0 Å². The highest BCUT2D eigenvalue weighted by molar-refractivity contribution is 4.88. The summed E-state index contributed by atoms with van der Waals surface area (Å²) in [4.78, 5) is 3.76. The van der Waals surface area contributed by atoms with E-state index in [1.807, 2.05) is 0 Å². The second-order valence-corrected chi connectivity index (χ2v) is 9.02. The Kier molecular flexibility index (Phi) is 9.22. The third kappa shape index (κ3) is 6.78. The molecule has 0 bridgehead atoms. The minimum Gasteiger partial charge on any atom is -0.314 e. The van der Waals surface area contributed by atoms with Crippen molar-refractivity contribution in [3.8, 4) is 0 Å². The Morgan fingerprint density at radius 2 is 1.42 bits per heavy atom. The zero-order valence-electron chi connectivity index (χ0n) is 16.4. The van der Waals surface area contributed by atoms with Gasteiger partial charge < -0.3 is 4.85 Å². The van der Waals surface area contributed by atoms with Gasteiger partial charge in [-0.3, -0.25) is 0 Å². The quantitative estimate of drug-likeness (QED) is 0.302. The van der Waals surface area contributed by atoms with Crippen molar-refractivity contribution in [3.05, 3.63) is 11.4 Å². The number of unbranched alkanes of at least 4 members (excludes halogenated alkanes) is 4. The van der Waals surface area contributed by atoms with E-state index in [0.717, 1.165) is 23.7 Å². The van der Waals surface area contributed by atoms with Crippen LogP contribution in [0.2, 0.25) is 0 Å². The molecule has 0 heterocycles. The molecule has 0 N–H and O–H groups in total. The van der Waals surface area contributed by atoms with E-state index >= 15 is 0 Å². The van der Waals surface area contributed by atoms with Gasteiger partial charge in [0.1, 0.15) is 0 Å². The van der Waals surface area contributed by atoms with Gasteiger partial charge in [0, 0.05) is 12.8 Å². The molecule has 138 valence electrons. The van der Waals surface area contributed by atoms with Gasteiger partial charge in [0.15, 0.2) is 0 Å². The van der Waals surface area contributed by atoms with Crippen LogP contribution < -0.4 is 0 Å². The van der Waals surface area contributed by atoms with E-state index in [2.05, 4.69) is 18.7 Å². The minimum atomic E-state index is 0.357. The van der Waals surface area contributed by atoms with Crippen LogP contribution in [0.15, 0.2) is 0 Å². The average Bonchev–Trinajstić information content (AvgIpc) is 2.62. The van der Waals surface area contributed by atoms with Gasteiger partial charge in [-0.25, -0.2) is 6.57 Å². The lowest BCUT2D eigenvalue weighted by atomic mass is 9.69. The summed E-state index contributed by atoms with van der Waals surface area (Å²) in [6.07, 6.45) is 21.1. The van der Waals surface area contributed by atoms with Gasteiger partial charge in [0.05, 0.1) is 0 Å². The minimum absolute atomic E-state index is 0.357. The average molecular weight is 332 g/mol. The van der Waals surface area contributed by atoms with E-state index in [1.54, 1.807) is 0 Å². The Balaban J connectivity index is 1.56. The molecule has 0 saturated heterocycles. The number of nitrogens with zero attached hydrogens (tertiary/aromatic N) is 1. The molecule has 1 atom stereocenters. The summed E-state index contributed by atoms with van der Waals surface area (Å²) in [7, 11) is 0. The van der Waals surface area contributed by atoms with Crippen LogP contribution in [0.5, 0.6) is 0 Å². The fraction of sp³-hybridized carbons (Fsp3) is 0.957.